The first-order chi connectivity index (χ1) is 9.02. The van der Waals surface area contributed by atoms with E-state index in [-0.39, 0.29) is 11.5 Å². The Bertz CT molecular complexity index is 639. The Morgan fingerprint density at radius 2 is 1.89 bits per heavy atom. The smallest absolute Gasteiger partial charge is 0.123 e. The molecule has 0 aliphatic rings. The topological polar surface area (TPSA) is 58.6 Å². The van der Waals surface area contributed by atoms with Gasteiger partial charge >= 0.3 is 0 Å². The van der Waals surface area contributed by atoms with Gasteiger partial charge in [-0.2, -0.15) is 0 Å². The molecule has 0 saturated heterocycles. The lowest BCUT2D eigenvalue weighted by molar-refractivity contribution is 0.319. The Balaban J connectivity index is 2.55. The molecule has 2 aromatic carbocycles. The van der Waals surface area contributed by atoms with E-state index in [4.69, 9.17) is 17.3 Å². The fourth-order valence-corrected chi connectivity index (χ4v) is 2.01. The van der Waals surface area contributed by atoms with Gasteiger partial charge in [-0.3, -0.25) is 0 Å². The van der Waals surface area contributed by atoms with Crippen LogP contribution in [0.3, 0.4) is 0 Å². The summed E-state index contributed by atoms with van der Waals surface area (Å²) >= 11 is 6.11. The van der Waals surface area contributed by atoms with Gasteiger partial charge in [0.05, 0.1) is 5.02 Å². The Hall–Kier alpha value is -2.07. The highest BCUT2D eigenvalue weighted by atomic mass is 35.5. The van der Waals surface area contributed by atoms with Crippen LogP contribution in [0.1, 0.15) is 16.7 Å². The van der Waals surface area contributed by atoms with E-state index in [1.54, 1.807) is 12.1 Å². The third-order valence-electron chi connectivity index (χ3n) is 2.83. The van der Waals surface area contributed by atoms with E-state index in [1.165, 1.54) is 24.3 Å². The van der Waals surface area contributed by atoms with Gasteiger partial charge in [0, 0.05) is 16.8 Å². The van der Waals surface area contributed by atoms with E-state index in [1.807, 2.05) is 6.92 Å². The van der Waals surface area contributed by atoms with Crippen molar-refractivity contribution in [2.24, 2.45) is 5.16 Å². The summed E-state index contributed by atoms with van der Waals surface area (Å²) in [6.45, 7) is 1.83. The average Bonchev–Trinajstić information content (AvgIpc) is 2.38. The predicted molar refractivity (Wildman–Crippen MR) is 74.4 cm³/mol. The van der Waals surface area contributed by atoms with Crippen LogP contribution in [0, 0.1) is 12.7 Å². The summed E-state index contributed by atoms with van der Waals surface area (Å²) in [6, 6.07) is 8.95. The zero-order valence-corrected chi connectivity index (χ0v) is 10.9. The zero-order chi connectivity index (χ0) is 14.0. The first-order valence-corrected chi connectivity index (χ1v) is 5.94. The van der Waals surface area contributed by atoms with Crippen LogP contribution >= 0.6 is 11.6 Å². The molecule has 0 aromatic heterocycles. The van der Waals surface area contributed by atoms with Gasteiger partial charge in [-0.05, 0) is 48.9 Å². The average molecular weight is 279 g/mol. The predicted octanol–water partition coefficient (Wildman–Crippen LogP) is 3.60. The fraction of sp³-hybridized carbons (Fsp3) is 0.0714. The van der Waals surface area contributed by atoms with Crippen LogP contribution in [0.4, 0.5) is 10.1 Å². The minimum atomic E-state index is -0.361. The molecule has 2 rings (SSSR count). The normalized spacial score (nSPS) is 11.6. The largest absolute Gasteiger partial charge is 0.410 e. The molecule has 19 heavy (non-hydrogen) atoms. The number of hydrogen-bond donors (Lipinski definition) is 2. The maximum atomic E-state index is 12.9. The number of aryl methyl sites for hydroxylation is 1. The van der Waals surface area contributed by atoms with Crippen LogP contribution in [-0.2, 0) is 0 Å². The minimum absolute atomic E-state index is 0.271. The van der Waals surface area contributed by atoms with E-state index >= 15 is 0 Å². The van der Waals surface area contributed by atoms with E-state index in [9.17, 15) is 9.60 Å². The van der Waals surface area contributed by atoms with Crippen LogP contribution in [0.25, 0.3) is 0 Å². The summed E-state index contributed by atoms with van der Waals surface area (Å²) in [7, 11) is 0. The summed E-state index contributed by atoms with van der Waals surface area (Å²) < 4.78 is 12.9. The lowest BCUT2D eigenvalue weighted by Crippen LogP contribution is -2.06. The number of nitrogens with zero attached hydrogens (tertiary/aromatic N) is 1. The third kappa shape index (κ3) is 2.69. The molecule has 0 saturated carbocycles. The quantitative estimate of drug-likeness (QED) is 0.382. The van der Waals surface area contributed by atoms with Crippen LogP contribution in [-0.4, -0.2) is 10.9 Å². The Labute approximate surface area is 115 Å². The second kappa shape index (κ2) is 5.28. The number of rotatable bonds is 2. The highest BCUT2D eigenvalue weighted by molar-refractivity contribution is 6.35. The van der Waals surface area contributed by atoms with E-state index < -0.39 is 0 Å². The maximum Gasteiger partial charge on any atom is 0.123 e. The summed E-state index contributed by atoms with van der Waals surface area (Å²) in [4.78, 5) is 0. The number of nitrogens with two attached hydrogens (primary N) is 1. The second-order valence-corrected chi connectivity index (χ2v) is 4.55. The number of benzene rings is 2. The number of anilines is 1. The van der Waals surface area contributed by atoms with Crippen molar-refractivity contribution < 1.29 is 9.60 Å². The fourth-order valence-electron chi connectivity index (χ4n) is 1.75. The van der Waals surface area contributed by atoms with Gasteiger partial charge in [0.2, 0.25) is 0 Å². The molecule has 0 atom stereocenters. The van der Waals surface area contributed by atoms with Crippen LogP contribution in [0.15, 0.2) is 41.6 Å². The van der Waals surface area contributed by atoms with Gasteiger partial charge in [-0.25, -0.2) is 4.39 Å². The minimum Gasteiger partial charge on any atom is -0.410 e. The Morgan fingerprint density at radius 3 is 2.47 bits per heavy atom. The van der Waals surface area contributed by atoms with Gasteiger partial charge in [-0.15, -0.1) is 0 Å². The first kappa shape index (κ1) is 13.4. The van der Waals surface area contributed by atoms with Crippen molar-refractivity contribution in [2.45, 2.75) is 6.92 Å². The van der Waals surface area contributed by atoms with Crippen LogP contribution in [0.2, 0.25) is 5.02 Å². The number of nitrogen functional groups attached to an aromatic ring is 1. The molecule has 0 fully saturated rings. The number of oxime groups is 1. The van der Waals surface area contributed by atoms with E-state index in [0.717, 1.165) is 5.56 Å². The van der Waals surface area contributed by atoms with E-state index in [0.29, 0.717) is 21.8 Å². The molecular weight excluding hydrogens is 267 g/mol. The lowest BCUT2D eigenvalue weighted by atomic mass is 10.00. The summed E-state index contributed by atoms with van der Waals surface area (Å²) in [5.41, 5.74) is 8.52. The standard InChI is InChI=1S/C14H12ClFN2O/c1-8-6-11(12(15)7-13(8)17)14(18-19)9-2-4-10(16)5-3-9/h2-7,19H,17H2,1H3/b18-14-. The van der Waals surface area contributed by atoms with Crippen molar-refractivity contribution in [2.75, 3.05) is 5.73 Å². The van der Waals surface area contributed by atoms with Crippen LogP contribution in [0.5, 0.6) is 0 Å². The molecule has 0 heterocycles. The molecule has 0 aliphatic heterocycles. The molecule has 3 N–H and O–H groups in total. The molecule has 0 unspecified atom stereocenters. The highest BCUT2D eigenvalue weighted by Crippen LogP contribution is 2.25. The molecule has 5 heteroatoms. The number of hydrogen-bond acceptors (Lipinski definition) is 3. The molecule has 2 aromatic rings. The second-order valence-electron chi connectivity index (χ2n) is 4.14. The highest BCUT2D eigenvalue weighted by Gasteiger charge is 2.13. The zero-order valence-electron chi connectivity index (χ0n) is 10.2. The van der Waals surface area contributed by atoms with Gasteiger partial charge in [-0.1, -0.05) is 16.8 Å². The molecular formula is C14H12ClFN2O. The third-order valence-corrected chi connectivity index (χ3v) is 3.14. The van der Waals surface area contributed by atoms with Crippen molar-refractivity contribution in [1.29, 1.82) is 0 Å². The monoisotopic (exact) mass is 278 g/mol. The van der Waals surface area contributed by atoms with Crippen LogP contribution < -0.4 is 5.73 Å². The van der Waals surface area contributed by atoms with Crippen molar-refractivity contribution in [3.63, 3.8) is 0 Å². The molecule has 3 nitrogen and oxygen atoms in total. The van der Waals surface area contributed by atoms with Crippen molar-refractivity contribution >= 4 is 23.0 Å². The number of halogens is 2. The molecule has 0 radical (unpaired) electrons. The summed E-state index contributed by atoms with van der Waals surface area (Å²) in [5, 5.41) is 12.8. The summed E-state index contributed by atoms with van der Waals surface area (Å²) in [5.74, 6) is -0.361. The maximum absolute atomic E-state index is 12.9. The van der Waals surface area contributed by atoms with Crippen molar-refractivity contribution in [3.8, 4) is 0 Å². The SMILES string of the molecule is Cc1cc(/C(=N\O)c2ccc(F)cc2)c(Cl)cc1N. The Morgan fingerprint density at radius 1 is 1.26 bits per heavy atom. The van der Waals surface area contributed by atoms with Gasteiger partial charge in [0.25, 0.3) is 0 Å². The molecule has 0 aliphatic carbocycles. The molecule has 98 valence electrons. The lowest BCUT2D eigenvalue weighted by Gasteiger charge is -2.10. The van der Waals surface area contributed by atoms with Crippen molar-refractivity contribution in [3.05, 3.63) is 63.9 Å². The van der Waals surface area contributed by atoms with Crippen molar-refractivity contribution in [1.82, 2.24) is 0 Å². The molecule has 0 spiro atoms. The Kier molecular flexibility index (Phi) is 3.71. The van der Waals surface area contributed by atoms with Gasteiger partial charge < -0.3 is 10.9 Å². The van der Waals surface area contributed by atoms with E-state index in [2.05, 4.69) is 5.16 Å². The first-order valence-electron chi connectivity index (χ1n) is 5.57. The summed E-state index contributed by atoms with van der Waals surface area (Å²) in [6.07, 6.45) is 0. The molecule has 0 bridgehead atoms. The van der Waals surface area contributed by atoms with Gasteiger partial charge in [0.15, 0.2) is 0 Å². The molecule has 0 amide bonds. The van der Waals surface area contributed by atoms with Gasteiger partial charge in [0.1, 0.15) is 11.5 Å².